The molecule has 1 saturated heterocycles. The number of ether oxygens (including phenoxy) is 1. The van der Waals surface area contributed by atoms with Gasteiger partial charge < -0.3 is 9.64 Å². The summed E-state index contributed by atoms with van der Waals surface area (Å²) < 4.78 is 18.0. The smallest absolute Gasteiger partial charge is 0.309 e. The predicted octanol–water partition coefficient (Wildman–Crippen LogP) is 2.15. The summed E-state index contributed by atoms with van der Waals surface area (Å²) in [5.41, 5.74) is 1.05. The van der Waals surface area contributed by atoms with Crippen molar-refractivity contribution >= 4 is 11.7 Å². The molecule has 1 aliphatic heterocycles. The van der Waals surface area contributed by atoms with Crippen LogP contribution in [-0.2, 0) is 9.53 Å². The van der Waals surface area contributed by atoms with Gasteiger partial charge in [-0.2, -0.15) is 0 Å². The minimum atomic E-state index is -0.208. The summed E-state index contributed by atoms with van der Waals surface area (Å²) >= 11 is 0. The molecule has 0 bridgehead atoms. The summed E-state index contributed by atoms with van der Waals surface area (Å²) in [5, 5.41) is 0. The van der Waals surface area contributed by atoms with Gasteiger partial charge in [0.2, 0.25) is 0 Å². The lowest BCUT2D eigenvalue weighted by Gasteiger charge is -2.36. The topological polar surface area (TPSA) is 32.8 Å². The number of carbonyl (C=O) groups is 1. The number of anilines is 1. The molecule has 4 nitrogen and oxygen atoms in total. The van der Waals surface area contributed by atoms with Crippen molar-refractivity contribution in [3.8, 4) is 0 Å². The molecule has 1 aromatic rings. The Kier molecular flexibility index (Phi) is 5.56. The van der Waals surface area contributed by atoms with Gasteiger partial charge in [-0.1, -0.05) is 6.92 Å². The van der Waals surface area contributed by atoms with Crippen molar-refractivity contribution < 1.29 is 13.9 Å². The third kappa shape index (κ3) is 4.43. The van der Waals surface area contributed by atoms with E-state index in [-0.39, 0.29) is 17.7 Å². The van der Waals surface area contributed by atoms with Crippen LogP contribution in [0.25, 0.3) is 0 Å². The number of halogens is 1. The van der Waals surface area contributed by atoms with E-state index >= 15 is 0 Å². The fourth-order valence-corrected chi connectivity index (χ4v) is 2.59. The van der Waals surface area contributed by atoms with Crippen molar-refractivity contribution in [2.75, 3.05) is 44.2 Å². The van der Waals surface area contributed by atoms with E-state index in [1.165, 1.54) is 12.1 Å². The van der Waals surface area contributed by atoms with E-state index in [4.69, 9.17) is 4.74 Å². The summed E-state index contributed by atoms with van der Waals surface area (Å²) in [6.45, 7) is 8.48. The van der Waals surface area contributed by atoms with Crippen LogP contribution in [0.3, 0.4) is 0 Å². The molecule has 1 aromatic carbocycles. The number of hydrogen-bond donors (Lipinski definition) is 0. The monoisotopic (exact) mass is 294 g/mol. The molecular formula is C16H23FN2O2. The van der Waals surface area contributed by atoms with Gasteiger partial charge in [0, 0.05) is 38.4 Å². The molecule has 1 aliphatic rings. The van der Waals surface area contributed by atoms with Gasteiger partial charge in [-0.25, -0.2) is 4.39 Å². The molecule has 0 radical (unpaired) electrons. The quantitative estimate of drug-likeness (QED) is 0.779. The van der Waals surface area contributed by atoms with E-state index in [2.05, 4.69) is 9.80 Å². The second-order valence-corrected chi connectivity index (χ2v) is 5.42. The van der Waals surface area contributed by atoms with Crippen LogP contribution in [0.1, 0.15) is 13.8 Å². The zero-order valence-electron chi connectivity index (χ0n) is 12.7. The second-order valence-electron chi connectivity index (χ2n) is 5.42. The van der Waals surface area contributed by atoms with Crippen molar-refractivity contribution in [1.82, 2.24) is 4.90 Å². The molecule has 1 atom stereocenters. The number of benzene rings is 1. The van der Waals surface area contributed by atoms with Crippen molar-refractivity contribution in [3.63, 3.8) is 0 Å². The van der Waals surface area contributed by atoms with Crippen LogP contribution in [0, 0.1) is 11.7 Å². The molecule has 0 amide bonds. The Morgan fingerprint density at radius 2 is 1.86 bits per heavy atom. The zero-order chi connectivity index (χ0) is 15.2. The van der Waals surface area contributed by atoms with Gasteiger partial charge in [0.15, 0.2) is 0 Å². The Bertz CT molecular complexity index is 456. The highest BCUT2D eigenvalue weighted by Gasteiger charge is 2.22. The lowest BCUT2D eigenvalue weighted by atomic mass is 10.1. The Hall–Kier alpha value is -1.62. The first-order valence-corrected chi connectivity index (χ1v) is 7.49. The van der Waals surface area contributed by atoms with Crippen LogP contribution in [-0.4, -0.2) is 50.2 Å². The third-order valence-corrected chi connectivity index (χ3v) is 3.79. The van der Waals surface area contributed by atoms with E-state index in [9.17, 15) is 9.18 Å². The maximum absolute atomic E-state index is 12.9. The summed E-state index contributed by atoms with van der Waals surface area (Å²) in [7, 11) is 0. The number of carbonyl (C=O) groups excluding carboxylic acids is 1. The average molecular weight is 294 g/mol. The zero-order valence-corrected chi connectivity index (χ0v) is 12.7. The summed E-state index contributed by atoms with van der Waals surface area (Å²) in [5.74, 6) is -0.429. The number of piperazine rings is 1. The summed E-state index contributed by atoms with van der Waals surface area (Å²) in [4.78, 5) is 16.2. The van der Waals surface area contributed by atoms with Crippen LogP contribution in [0.5, 0.6) is 0 Å². The first-order valence-electron chi connectivity index (χ1n) is 7.49. The Morgan fingerprint density at radius 3 is 2.43 bits per heavy atom. The molecule has 0 aliphatic carbocycles. The van der Waals surface area contributed by atoms with E-state index in [1.807, 2.05) is 26.0 Å². The average Bonchev–Trinajstić information content (AvgIpc) is 2.49. The van der Waals surface area contributed by atoms with Crippen molar-refractivity contribution in [3.05, 3.63) is 30.1 Å². The molecule has 5 heteroatoms. The van der Waals surface area contributed by atoms with Crippen LogP contribution in [0.2, 0.25) is 0 Å². The predicted molar refractivity (Wildman–Crippen MR) is 80.9 cm³/mol. The number of esters is 1. The van der Waals surface area contributed by atoms with Crippen molar-refractivity contribution in [2.24, 2.45) is 5.92 Å². The minimum absolute atomic E-state index is 0.0951. The molecule has 0 spiro atoms. The van der Waals surface area contributed by atoms with Crippen LogP contribution in [0.15, 0.2) is 24.3 Å². The van der Waals surface area contributed by atoms with E-state index in [1.54, 1.807) is 0 Å². The highest BCUT2D eigenvalue weighted by molar-refractivity contribution is 5.72. The van der Waals surface area contributed by atoms with Gasteiger partial charge in [0.05, 0.1) is 12.5 Å². The van der Waals surface area contributed by atoms with Gasteiger partial charge in [-0.15, -0.1) is 0 Å². The van der Waals surface area contributed by atoms with E-state index in [0.29, 0.717) is 6.61 Å². The van der Waals surface area contributed by atoms with E-state index < -0.39 is 0 Å². The molecule has 0 N–H and O–H groups in total. The molecular weight excluding hydrogens is 271 g/mol. The summed E-state index contributed by atoms with van der Waals surface area (Å²) in [6, 6.07) is 6.60. The van der Waals surface area contributed by atoms with Gasteiger partial charge in [0.25, 0.3) is 0 Å². The maximum Gasteiger partial charge on any atom is 0.309 e. The number of rotatable bonds is 5. The standard InChI is InChI=1S/C16H23FN2O2/c1-3-21-16(20)13(2)12-18-8-10-19(11-9-18)15-6-4-14(17)5-7-15/h4-7,13H,3,8-12H2,1-2H3. The van der Waals surface area contributed by atoms with Crippen LogP contribution < -0.4 is 4.90 Å². The SMILES string of the molecule is CCOC(=O)C(C)CN1CCN(c2ccc(F)cc2)CC1. The van der Waals surface area contributed by atoms with Gasteiger partial charge in [-0.3, -0.25) is 9.69 Å². The lowest BCUT2D eigenvalue weighted by Crippen LogP contribution is -2.48. The highest BCUT2D eigenvalue weighted by Crippen LogP contribution is 2.17. The largest absolute Gasteiger partial charge is 0.466 e. The Balaban J connectivity index is 1.80. The lowest BCUT2D eigenvalue weighted by molar-refractivity contribution is -0.148. The molecule has 2 rings (SSSR count). The number of nitrogens with zero attached hydrogens (tertiary/aromatic N) is 2. The van der Waals surface area contributed by atoms with Crippen LogP contribution in [0.4, 0.5) is 10.1 Å². The minimum Gasteiger partial charge on any atom is -0.466 e. The Labute approximate surface area is 125 Å². The van der Waals surface area contributed by atoms with Crippen LogP contribution >= 0.6 is 0 Å². The molecule has 21 heavy (non-hydrogen) atoms. The van der Waals surface area contributed by atoms with E-state index in [0.717, 1.165) is 38.4 Å². The van der Waals surface area contributed by atoms with Crippen molar-refractivity contribution in [1.29, 1.82) is 0 Å². The molecule has 0 saturated carbocycles. The molecule has 0 aromatic heterocycles. The van der Waals surface area contributed by atoms with Gasteiger partial charge >= 0.3 is 5.97 Å². The normalized spacial score (nSPS) is 17.6. The first-order chi connectivity index (χ1) is 10.1. The fourth-order valence-electron chi connectivity index (χ4n) is 2.59. The Morgan fingerprint density at radius 1 is 1.24 bits per heavy atom. The van der Waals surface area contributed by atoms with Gasteiger partial charge in [-0.05, 0) is 31.2 Å². The molecule has 1 fully saturated rings. The van der Waals surface area contributed by atoms with Crippen molar-refractivity contribution in [2.45, 2.75) is 13.8 Å². The molecule has 116 valence electrons. The summed E-state index contributed by atoms with van der Waals surface area (Å²) in [6.07, 6.45) is 0. The second kappa shape index (κ2) is 7.41. The third-order valence-electron chi connectivity index (χ3n) is 3.79. The first kappa shape index (κ1) is 15.8. The van der Waals surface area contributed by atoms with Gasteiger partial charge in [0.1, 0.15) is 5.82 Å². The molecule has 1 heterocycles. The highest BCUT2D eigenvalue weighted by atomic mass is 19.1. The number of hydrogen-bond acceptors (Lipinski definition) is 4. The molecule has 1 unspecified atom stereocenters. The maximum atomic E-state index is 12.9. The fraction of sp³-hybridized carbons (Fsp3) is 0.562.